The fraction of sp³-hybridized carbons (Fsp3) is 0.423. The van der Waals surface area contributed by atoms with Crippen LogP contribution in [-0.4, -0.2) is 54.1 Å². The number of ether oxygens (including phenoxy) is 2. The number of nitrogens with zero attached hydrogens (tertiary/aromatic N) is 2. The second kappa shape index (κ2) is 9.58. The van der Waals surface area contributed by atoms with E-state index in [2.05, 4.69) is 15.6 Å². The predicted octanol–water partition coefficient (Wildman–Crippen LogP) is 2.87. The third-order valence-electron chi connectivity index (χ3n) is 6.99. The predicted molar refractivity (Wildman–Crippen MR) is 128 cm³/mol. The average molecular weight is 479 g/mol. The number of carbonyl (C=O) groups excluding carboxylic acids is 3. The highest BCUT2D eigenvalue weighted by molar-refractivity contribution is 6.08. The van der Waals surface area contributed by atoms with E-state index in [1.54, 1.807) is 12.1 Å². The Morgan fingerprint density at radius 2 is 1.86 bits per heavy atom. The number of nitrogens with one attached hydrogen (secondary N) is 2. The van der Waals surface area contributed by atoms with E-state index in [4.69, 9.17) is 9.47 Å². The quantitative estimate of drug-likeness (QED) is 0.620. The SMILES string of the molecule is CC[C@]1(c2ccccc2)NC(=O)N(NC(=O)CN2CCC[C@@H]2c2ccc3c(c2)OCCCO3)C1=O. The number of urea groups is 1. The highest BCUT2D eigenvalue weighted by atomic mass is 16.5. The fourth-order valence-corrected chi connectivity index (χ4v) is 5.16. The molecule has 0 aliphatic carbocycles. The standard InChI is InChI=1S/C26H30N4O5/c1-2-26(19-8-4-3-5-9-19)24(32)30(25(33)27-26)28-23(31)17-29-13-6-10-20(29)18-11-12-21-22(16-18)35-15-7-14-34-21/h3-5,8-9,11-12,16,20H,2,6-7,10,13-15,17H2,1H3,(H,27,33)(H,28,31)/t20-,26-/m1/s1. The molecule has 0 radical (unpaired) electrons. The minimum Gasteiger partial charge on any atom is -0.490 e. The maximum Gasteiger partial charge on any atom is 0.344 e. The van der Waals surface area contributed by atoms with Gasteiger partial charge in [-0.2, -0.15) is 5.01 Å². The molecule has 184 valence electrons. The largest absolute Gasteiger partial charge is 0.490 e. The number of hydrogen-bond acceptors (Lipinski definition) is 6. The van der Waals surface area contributed by atoms with E-state index in [1.807, 2.05) is 43.3 Å². The summed E-state index contributed by atoms with van der Waals surface area (Å²) in [6, 6.07) is 14.4. The van der Waals surface area contributed by atoms with Gasteiger partial charge >= 0.3 is 6.03 Å². The van der Waals surface area contributed by atoms with Crippen LogP contribution in [0.2, 0.25) is 0 Å². The van der Waals surface area contributed by atoms with Gasteiger partial charge in [-0.1, -0.05) is 43.3 Å². The summed E-state index contributed by atoms with van der Waals surface area (Å²) in [5.41, 5.74) is 3.10. The van der Waals surface area contributed by atoms with E-state index in [-0.39, 0.29) is 12.6 Å². The van der Waals surface area contributed by atoms with Crippen LogP contribution in [0.3, 0.4) is 0 Å². The zero-order valence-electron chi connectivity index (χ0n) is 19.8. The van der Waals surface area contributed by atoms with Crippen LogP contribution in [0.25, 0.3) is 0 Å². The van der Waals surface area contributed by atoms with Gasteiger partial charge in [0, 0.05) is 12.5 Å². The number of carbonyl (C=O) groups is 3. The molecule has 2 aromatic rings. The van der Waals surface area contributed by atoms with Gasteiger partial charge in [0.05, 0.1) is 19.8 Å². The number of benzene rings is 2. The molecule has 3 aliphatic rings. The summed E-state index contributed by atoms with van der Waals surface area (Å²) >= 11 is 0. The Bertz CT molecular complexity index is 1120. The Morgan fingerprint density at radius 1 is 1.09 bits per heavy atom. The molecular formula is C26H30N4O5. The monoisotopic (exact) mass is 478 g/mol. The number of imide groups is 1. The van der Waals surface area contributed by atoms with Gasteiger partial charge in [-0.15, -0.1) is 0 Å². The average Bonchev–Trinajstić information content (AvgIpc) is 3.32. The first-order valence-electron chi connectivity index (χ1n) is 12.2. The number of hydrogen-bond donors (Lipinski definition) is 2. The second-order valence-corrected chi connectivity index (χ2v) is 9.12. The fourth-order valence-electron chi connectivity index (χ4n) is 5.16. The van der Waals surface area contributed by atoms with E-state index in [9.17, 15) is 14.4 Å². The summed E-state index contributed by atoms with van der Waals surface area (Å²) in [7, 11) is 0. The molecule has 0 unspecified atom stereocenters. The van der Waals surface area contributed by atoms with Crippen molar-refractivity contribution in [3.63, 3.8) is 0 Å². The van der Waals surface area contributed by atoms with Crippen molar-refractivity contribution in [2.45, 2.75) is 44.2 Å². The van der Waals surface area contributed by atoms with Gasteiger partial charge in [-0.25, -0.2) is 4.79 Å². The lowest BCUT2D eigenvalue weighted by atomic mass is 9.87. The van der Waals surface area contributed by atoms with Crippen LogP contribution in [0.15, 0.2) is 48.5 Å². The van der Waals surface area contributed by atoms with Crippen molar-refractivity contribution in [1.29, 1.82) is 0 Å². The van der Waals surface area contributed by atoms with Crippen LogP contribution in [0.5, 0.6) is 11.5 Å². The number of likely N-dealkylation sites (tertiary alicyclic amines) is 1. The lowest BCUT2D eigenvalue weighted by Crippen LogP contribution is -2.51. The Labute approximate surface area is 204 Å². The highest BCUT2D eigenvalue weighted by Crippen LogP contribution is 2.38. The van der Waals surface area contributed by atoms with Crippen molar-refractivity contribution in [2.75, 3.05) is 26.3 Å². The first-order valence-corrected chi connectivity index (χ1v) is 12.2. The molecule has 2 N–H and O–H groups in total. The highest BCUT2D eigenvalue weighted by Gasteiger charge is 2.52. The third-order valence-corrected chi connectivity index (χ3v) is 6.99. The molecule has 9 nitrogen and oxygen atoms in total. The summed E-state index contributed by atoms with van der Waals surface area (Å²) in [6.45, 7) is 3.90. The molecule has 2 atom stereocenters. The summed E-state index contributed by atoms with van der Waals surface area (Å²) in [6.07, 6.45) is 3.06. The molecule has 0 bridgehead atoms. The lowest BCUT2D eigenvalue weighted by Gasteiger charge is -2.27. The molecule has 0 spiro atoms. The number of rotatable bonds is 6. The van der Waals surface area contributed by atoms with Crippen molar-refractivity contribution in [1.82, 2.24) is 20.7 Å². The van der Waals surface area contributed by atoms with Crippen LogP contribution >= 0.6 is 0 Å². The van der Waals surface area contributed by atoms with Crippen molar-refractivity contribution < 1.29 is 23.9 Å². The Morgan fingerprint density at radius 3 is 2.63 bits per heavy atom. The molecule has 4 amide bonds. The molecule has 9 heteroatoms. The number of hydrazine groups is 1. The van der Waals surface area contributed by atoms with Gasteiger partial charge in [0.15, 0.2) is 11.5 Å². The van der Waals surface area contributed by atoms with Crippen molar-refractivity contribution in [3.8, 4) is 11.5 Å². The van der Waals surface area contributed by atoms with Gasteiger partial charge in [-0.3, -0.25) is 19.9 Å². The Hall–Kier alpha value is -3.59. The van der Waals surface area contributed by atoms with E-state index >= 15 is 0 Å². The maximum atomic E-state index is 13.3. The van der Waals surface area contributed by atoms with E-state index in [0.717, 1.165) is 47.9 Å². The minimum atomic E-state index is -1.19. The van der Waals surface area contributed by atoms with Crippen LogP contribution in [0, 0.1) is 0 Å². The van der Waals surface area contributed by atoms with Crippen molar-refractivity contribution in [2.24, 2.45) is 0 Å². The molecular weight excluding hydrogens is 448 g/mol. The zero-order valence-corrected chi connectivity index (χ0v) is 19.8. The summed E-state index contributed by atoms with van der Waals surface area (Å²) in [4.78, 5) is 41.0. The van der Waals surface area contributed by atoms with Gasteiger partial charge in [0.25, 0.3) is 11.8 Å². The van der Waals surface area contributed by atoms with Crippen molar-refractivity contribution >= 4 is 17.8 Å². The Balaban J connectivity index is 1.27. The summed E-state index contributed by atoms with van der Waals surface area (Å²) in [5, 5.41) is 3.60. The number of amides is 4. The van der Waals surface area contributed by atoms with Crippen LogP contribution < -0.4 is 20.2 Å². The molecule has 5 rings (SSSR count). The first-order chi connectivity index (χ1) is 17.0. The van der Waals surface area contributed by atoms with E-state index in [0.29, 0.717) is 25.2 Å². The van der Waals surface area contributed by atoms with E-state index in [1.165, 1.54) is 0 Å². The van der Waals surface area contributed by atoms with E-state index < -0.39 is 23.4 Å². The molecule has 2 saturated heterocycles. The normalized spacial score (nSPS) is 24.3. The molecule has 3 heterocycles. The first kappa shape index (κ1) is 23.2. The molecule has 2 aromatic carbocycles. The third kappa shape index (κ3) is 4.32. The van der Waals surface area contributed by atoms with Gasteiger partial charge in [0.1, 0.15) is 5.54 Å². The van der Waals surface area contributed by atoms with Crippen LogP contribution in [0.1, 0.15) is 49.8 Å². The van der Waals surface area contributed by atoms with Gasteiger partial charge in [0.2, 0.25) is 0 Å². The smallest absolute Gasteiger partial charge is 0.344 e. The molecule has 0 aromatic heterocycles. The summed E-state index contributed by atoms with van der Waals surface area (Å²) in [5.74, 6) is 0.581. The second-order valence-electron chi connectivity index (χ2n) is 9.12. The molecule has 0 saturated carbocycles. The topological polar surface area (TPSA) is 100 Å². The molecule has 2 fully saturated rings. The Kier molecular flexibility index (Phi) is 6.34. The minimum absolute atomic E-state index is 0.0417. The van der Waals surface area contributed by atoms with Gasteiger partial charge < -0.3 is 14.8 Å². The zero-order chi connectivity index (χ0) is 24.4. The number of fused-ring (bicyclic) bond motifs is 1. The van der Waals surface area contributed by atoms with Crippen LogP contribution in [-0.2, 0) is 15.1 Å². The van der Waals surface area contributed by atoms with Crippen LogP contribution in [0.4, 0.5) is 4.79 Å². The summed E-state index contributed by atoms with van der Waals surface area (Å²) < 4.78 is 11.6. The van der Waals surface area contributed by atoms with Gasteiger partial charge in [-0.05, 0) is 49.1 Å². The lowest BCUT2D eigenvalue weighted by molar-refractivity contribution is -0.140. The van der Waals surface area contributed by atoms with Crippen molar-refractivity contribution in [3.05, 3.63) is 59.7 Å². The molecule has 35 heavy (non-hydrogen) atoms. The maximum absolute atomic E-state index is 13.3. The molecule has 3 aliphatic heterocycles.